The summed E-state index contributed by atoms with van der Waals surface area (Å²) in [6.45, 7) is 0. The molecule has 236 valence electrons. The van der Waals surface area contributed by atoms with Gasteiger partial charge in [0.1, 0.15) is 11.5 Å². The van der Waals surface area contributed by atoms with Crippen LogP contribution >= 0.6 is 0 Å². The first-order chi connectivity index (χ1) is 24.1. The molecule has 0 saturated carbocycles. The van der Waals surface area contributed by atoms with E-state index in [0.717, 1.165) is 67.7 Å². The third-order valence-corrected chi connectivity index (χ3v) is 9.13. The first kappa shape index (κ1) is 27.4. The molecule has 0 fully saturated rings. The Morgan fingerprint density at radius 2 is 0.857 bits per heavy atom. The van der Waals surface area contributed by atoms with Crippen LogP contribution in [0.25, 0.3) is 21.8 Å². The number of rotatable bonds is 4. The second-order valence-corrected chi connectivity index (χ2v) is 12.1. The van der Waals surface area contributed by atoms with Crippen LogP contribution in [0.1, 0.15) is 0 Å². The van der Waals surface area contributed by atoms with Crippen molar-refractivity contribution in [3.8, 4) is 34.5 Å². The number of hydrogen-bond acceptors (Lipinski definition) is 7. The second kappa shape index (κ2) is 10.4. The summed E-state index contributed by atoms with van der Waals surface area (Å²) in [6, 6.07) is 44.3. The van der Waals surface area contributed by atoms with Crippen molar-refractivity contribution in [2.75, 3.05) is 9.80 Å². The Morgan fingerprint density at radius 1 is 0.449 bits per heavy atom. The highest BCUT2D eigenvalue weighted by atomic mass is 16.5. The molecule has 6 aromatic carbocycles. The maximum Gasteiger partial charge on any atom is 0.167 e. The Bertz CT molecular complexity index is 2430. The van der Waals surface area contributed by atoms with E-state index in [0.29, 0.717) is 23.0 Å². The van der Waals surface area contributed by atoms with Gasteiger partial charge in [-0.3, -0.25) is 19.2 Å². The number of fused-ring (bicyclic) bond motifs is 6. The van der Waals surface area contributed by atoms with Gasteiger partial charge in [-0.15, -0.1) is 0 Å². The first-order valence-electron chi connectivity index (χ1n) is 16.0. The fourth-order valence-corrected chi connectivity index (χ4v) is 6.91. The molecule has 8 aromatic rings. The van der Waals surface area contributed by atoms with E-state index in [-0.39, 0.29) is 0 Å². The maximum absolute atomic E-state index is 6.62. The van der Waals surface area contributed by atoms with E-state index < -0.39 is 0 Å². The molecule has 0 unspecified atom stereocenters. The van der Waals surface area contributed by atoms with Crippen molar-refractivity contribution in [2.45, 2.75) is 0 Å². The van der Waals surface area contributed by atoms with Gasteiger partial charge in [0.25, 0.3) is 0 Å². The van der Waals surface area contributed by atoms with Crippen LogP contribution in [0.4, 0.5) is 34.4 Å². The molecular formula is C40H28N6O3. The van der Waals surface area contributed by atoms with Gasteiger partial charge >= 0.3 is 0 Å². The lowest BCUT2D eigenvalue weighted by Crippen LogP contribution is -2.17. The Morgan fingerprint density at radius 3 is 1.35 bits per heavy atom. The van der Waals surface area contributed by atoms with E-state index in [1.54, 1.807) is 0 Å². The zero-order valence-corrected chi connectivity index (χ0v) is 26.6. The van der Waals surface area contributed by atoms with E-state index in [1.165, 1.54) is 0 Å². The average molecular weight is 641 g/mol. The molecule has 2 aliphatic heterocycles. The number of nitrogens with zero attached hydrogens (tertiary/aromatic N) is 6. The zero-order chi connectivity index (χ0) is 32.6. The van der Waals surface area contributed by atoms with Gasteiger partial charge in [0.05, 0.1) is 33.8 Å². The molecule has 0 radical (unpaired) electrons. The predicted octanol–water partition coefficient (Wildman–Crippen LogP) is 10.4. The van der Waals surface area contributed by atoms with E-state index in [4.69, 9.17) is 24.4 Å². The van der Waals surface area contributed by atoms with Crippen molar-refractivity contribution < 1.29 is 14.2 Å². The van der Waals surface area contributed by atoms with Gasteiger partial charge in [-0.25, -0.2) is 0 Å². The smallest absolute Gasteiger partial charge is 0.167 e. The summed E-state index contributed by atoms with van der Waals surface area (Å²) in [7, 11) is 3.93. The Kier molecular flexibility index (Phi) is 5.80. The summed E-state index contributed by atoms with van der Waals surface area (Å²) in [6.07, 6.45) is 0. The molecule has 0 atom stereocenters. The third-order valence-electron chi connectivity index (χ3n) is 9.13. The number of aryl methyl sites for hydroxylation is 2. The lowest BCUT2D eigenvalue weighted by atomic mass is 10.1. The Hall–Kier alpha value is -6.74. The van der Waals surface area contributed by atoms with Gasteiger partial charge in [0.2, 0.25) is 0 Å². The van der Waals surface area contributed by atoms with Crippen LogP contribution in [0.3, 0.4) is 0 Å². The number of ether oxygens (including phenoxy) is 3. The van der Waals surface area contributed by atoms with Crippen LogP contribution < -0.4 is 24.0 Å². The lowest BCUT2D eigenvalue weighted by molar-refractivity contribution is 0.460. The Balaban J connectivity index is 1.08. The minimum absolute atomic E-state index is 0.652. The fraction of sp³-hybridized carbons (Fsp3) is 0.0500. The van der Waals surface area contributed by atoms with Crippen LogP contribution in [0, 0.1) is 0 Å². The quantitative estimate of drug-likeness (QED) is 0.190. The molecule has 0 amide bonds. The second-order valence-electron chi connectivity index (χ2n) is 12.1. The highest BCUT2D eigenvalue weighted by molar-refractivity contribution is 6.00. The lowest BCUT2D eigenvalue weighted by Gasteiger charge is -2.32. The van der Waals surface area contributed by atoms with Crippen molar-refractivity contribution in [1.29, 1.82) is 0 Å². The molecule has 2 aliphatic rings. The van der Waals surface area contributed by atoms with Gasteiger partial charge in [0.15, 0.2) is 34.6 Å². The van der Waals surface area contributed by atoms with E-state index >= 15 is 0 Å². The largest absolute Gasteiger partial charge is 0.457 e. The molecule has 0 saturated heterocycles. The SMILES string of the molecule is Cn1nc(N2c3ccccc3Oc3ccc(Oc4ccc5c(c4)N(c4nn(C)c6ccccc46)c4ccccc4O5)cc32)c2ccccc21. The molecule has 0 N–H and O–H groups in total. The maximum atomic E-state index is 6.62. The number of aromatic nitrogens is 4. The molecule has 9 nitrogen and oxygen atoms in total. The molecular weight excluding hydrogens is 612 g/mol. The fourth-order valence-electron chi connectivity index (χ4n) is 6.91. The standard InChI is InChI=1S/C40H28N6O3/c1-43-29-13-5-3-11-27(29)39(41-43)45-31-15-7-9-17-35(31)48-37-21-19-25(23-33(37)45)47-26-20-22-38-34(24-26)46(32-16-8-10-18-36(32)49-38)40-28-12-4-6-14-30(28)44(2)42-40/h3-24H,1-2H3. The number of para-hydroxylation sites is 6. The third kappa shape index (κ3) is 4.19. The summed E-state index contributed by atoms with van der Waals surface area (Å²) in [5.74, 6) is 5.88. The highest BCUT2D eigenvalue weighted by Crippen LogP contribution is 2.54. The summed E-state index contributed by atoms with van der Waals surface area (Å²) >= 11 is 0. The van der Waals surface area contributed by atoms with Crippen LogP contribution in [0.5, 0.6) is 34.5 Å². The molecule has 4 heterocycles. The van der Waals surface area contributed by atoms with Gasteiger partial charge in [-0.05, 0) is 72.8 Å². The molecule has 0 aliphatic carbocycles. The summed E-state index contributed by atoms with van der Waals surface area (Å²) in [5, 5.41) is 12.0. The van der Waals surface area contributed by atoms with Gasteiger partial charge in [0, 0.05) is 37.0 Å². The molecule has 49 heavy (non-hydrogen) atoms. The summed E-state index contributed by atoms with van der Waals surface area (Å²) in [5.41, 5.74) is 5.54. The van der Waals surface area contributed by atoms with Gasteiger partial charge < -0.3 is 14.2 Å². The van der Waals surface area contributed by atoms with Gasteiger partial charge in [-0.2, -0.15) is 10.2 Å². The van der Waals surface area contributed by atoms with Crippen molar-refractivity contribution in [2.24, 2.45) is 14.1 Å². The zero-order valence-electron chi connectivity index (χ0n) is 26.6. The van der Waals surface area contributed by atoms with Gasteiger partial charge in [-0.1, -0.05) is 48.5 Å². The number of hydrogen-bond donors (Lipinski definition) is 0. The van der Waals surface area contributed by atoms with Crippen LogP contribution in [0.15, 0.2) is 133 Å². The first-order valence-corrected chi connectivity index (χ1v) is 16.0. The molecule has 10 rings (SSSR count). The predicted molar refractivity (Wildman–Crippen MR) is 191 cm³/mol. The summed E-state index contributed by atoms with van der Waals surface area (Å²) in [4.78, 5) is 4.30. The normalized spacial score (nSPS) is 12.9. The average Bonchev–Trinajstić information content (AvgIpc) is 3.65. The van der Waals surface area contributed by atoms with E-state index in [2.05, 4.69) is 34.1 Å². The Labute approximate surface area is 281 Å². The van der Waals surface area contributed by atoms with Crippen LogP contribution in [0.2, 0.25) is 0 Å². The summed E-state index contributed by atoms with van der Waals surface area (Å²) < 4.78 is 23.2. The molecule has 2 aromatic heterocycles. The topological polar surface area (TPSA) is 69.8 Å². The number of anilines is 6. The van der Waals surface area contributed by atoms with Crippen LogP contribution in [-0.4, -0.2) is 19.6 Å². The van der Waals surface area contributed by atoms with Crippen molar-refractivity contribution in [1.82, 2.24) is 19.6 Å². The van der Waals surface area contributed by atoms with Crippen molar-refractivity contribution >= 4 is 56.2 Å². The minimum atomic E-state index is 0.652. The van der Waals surface area contributed by atoms with Crippen molar-refractivity contribution in [3.63, 3.8) is 0 Å². The van der Waals surface area contributed by atoms with Crippen molar-refractivity contribution in [3.05, 3.63) is 133 Å². The van der Waals surface area contributed by atoms with E-state index in [9.17, 15) is 0 Å². The number of benzene rings is 6. The molecule has 0 bridgehead atoms. The molecule has 0 spiro atoms. The van der Waals surface area contributed by atoms with Crippen LogP contribution in [-0.2, 0) is 14.1 Å². The molecule has 9 heteroatoms. The minimum Gasteiger partial charge on any atom is -0.457 e. The highest BCUT2D eigenvalue weighted by Gasteiger charge is 2.31. The monoisotopic (exact) mass is 640 g/mol. The van der Waals surface area contributed by atoms with E-state index in [1.807, 2.05) is 133 Å².